The molecule has 0 saturated carbocycles. The van der Waals surface area contributed by atoms with Crippen molar-refractivity contribution in [3.05, 3.63) is 53.3 Å². The number of sulfonamides is 1. The topological polar surface area (TPSA) is 78.5 Å². The van der Waals surface area contributed by atoms with Crippen LogP contribution in [-0.4, -0.2) is 33.0 Å². The fraction of sp³-hybridized carbons (Fsp3) is 0.409. The van der Waals surface area contributed by atoms with Crippen molar-refractivity contribution in [3.8, 4) is 0 Å². The molecule has 3 rings (SSSR count). The van der Waals surface area contributed by atoms with Gasteiger partial charge in [0.25, 0.3) is 5.91 Å². The summed E-state index contributed by atoms with van der Waals surface area (Å²) in [7, 11) is -3.78. The number of hydrogen-bond donors (Lipinski definition) is 2. The molecule has 6 nitrogen and oxygen atoms in total. The van der Waals surface area contributed by atoms with Crippen molar-refractivity contribution in [3.63, 3.8) is 0 Å². The Labute approximate surface area is 177 Å². The predicted octanol–water partition coefficient (Wildman–Crippen LogP) is 4.06. The average molecular weight is 434 g/mol. The quantitative estimate of drug-likeness (QED) is 0.745. The van der Waals surface area contributed by atoms with E-state index in [4.69, 9.17) is 0 Å². The van der Waals surface area contributed by atoms with Gasteiger partial charge in [-0.05, 0) is 76.4 Å². The maximum Gasteiger partial charge on any atom is 0.255 e. The highest BCUT2D eigenvalue weighted by atomic mass is 32.2. The molecule has 0 aromatic heterocycles. The number of nitrogens with zero attached hydrogens (tertiary/aromatic N) is 1. The number of carbonyl (C=O) groups is 1. The Morgan fingerprint density at radius 3 is 2.37 bits per heavy atom. The molecule has 1 saturated heterocycles. The van der Waals surface area contributed by atoms with Gasteiger partial charge in [-0.25, -0.2) is 17.5 Å². The van der Waals surface area contributed by atoms with Crippen LogP contribution in [0.25, 0.3) is 0 Å². The molecule has 1 heterocycles. The van der Waals surface area contributed by atoms with Crippen LogP contribution in [0.3, 0.4) is 0 Å². The summed E-state index contributed by atoms with van der Waals surface area (Å²) in [6.45, 7) is 8.67. The Bertz CT molecular complexity index is 1060. The van der Waals surface area contributed by atoms with Crippen molar-refractivity contribution in [2.24, 2.45) is 0 Å². The first-order valence-electron chi connectivity index (χ1n) is 9.96. The smallest absolute Gasteiger partial charge is 0.255 e. The van der Waals surface area contributed by atoms with E-state index in [1.165, 1.54) is 24.3 Å². The zero-order chi connectivity index (χ0) is 22.1. The number of nitrogens with one attached hydrogen (secondary N) is 2. The maximum atomic E-state index is 14.1. The van der Waals surface area contributed by atoms with Gasteiger partial charge >= 0.3 is 0 Å². The van der Waals surface area contributed by atoms with Crippen LogP contribution in [0.4, 0.5) is 15.8 Å². The molecule has 0 unspecified atom stereocenters. The highest BCUT2D eigenvalue weighted by Crippen LogP contribution is 2.26. The Morgan fingerprint density at radius 2 is 1.73 bits per heavy atom. The number of anilines is 2. The van der Waals surface area contributed by atoms with Crippen LogP contribution in [0.5, 0.6) is 0 Å². The first kappa shape index (κ1) is 22.2. The van der Waals surface area contributed by atoms with Crippen molar-refractivity contribution < 1.29 is 17.6 Å². The summed E-state index contributed by atoms with van der Waals surface area (Å²) >= 11 is 0. The minimum atomic E-state index is -3.78. The van der Waals surface area contributed by atoms with E-state index in [-0.39, 0.29) is 10.5 Å². The molecular weight excluding hydrogens is 405 g/mol. The molecule has 0 atom stereocenters. The third kappa shape index (κ3) is 5.37. The SMILES string of the molecule is Cc1ccc(S(=O)(=O)NC(C)(C)C)cc1C(=O)Nc1cc(F)cc(N2CCCC2)c1. The summed E-state index contributed by atoms with van der Waals surface area (Å²) in [6.07, 6.45) is 2.11. The van der Waals surface area contributed by atoms with Gasteiger partial charge in [-0.1, -0.05) is 6.07 Å². The van der Waals surface area contributed by atoms with Gasteiger partial charge < -0.3 is 10.2 Å². The summed E-state index contributed by atoms with van der Waals surface area (Å²) in [4.78, 5) is 15.0. The molecule has 1 aliphatic heterocycles. The molecular formula is C22H28FN3O3S. The van der Waals surface area contributed by atoms with Crippen molar-refractivity contribution in [1.82, 2.24) is 4.72 Å². The molecule has 2 N–H and O–H groups in total. The lowest BCUT2D eigenvalue weighted by atomic mass is 10.1. The molecule has 162 valence electrons. The number of hydrogen-bond acceptors (Lipinski definition) is 4. The average Bonchev–Trinajstić information content (AvgIpc) is 3.14. The minimum absolute atomic E-state index is 0.00479. The molecule has 1 amide bonds. The van der Waals surface area contributed by atoms with E-state index in [2.05, 4.69) is 14.9 Å². The lowest BCUT2D eigenvalue weighted by Gasteiger charge is -2.21. The molecule has 0 aliphatic carbocycles. The second kappa shape index (κ2) is 8.35. The van der Waals surface area contributed by atoms with Crippen LogP contribution in [-0.2, 0) is 10.0 Å². The standard InChI is InChI=1S/C22H28FN3O3S/c1-15-7-8-19(30(28,29)25-22(2,3)4)14-20(15)21(27)24-17-11-16(23)12-18(13-17)26-9-5-6-10-26/h7-8,11-14,25H,5-6,9-10H2,1-4H3,(H,24,27). The molecule has 2 aromatic rings. The Kier molecular flexibility index (Phi) is 6.19. The van der Waals surface area contributed by atoms with Gasteiger partial charge in [-0.15, -0.1) is 0 Å². The summed E-state index contributed by atoms with van der Waals surface area (Å²) < 4.78 is 42.0. The molecule has 8 heteroatoms. The van der Waals surface area contributed by atoms with E-state index in [1.807, 2.05) is 0 Å². The normalized spacial score (nSPS) is 14.8. The van der Waals surface area contributed by atoms with Gasteiger partial charge in [0.1, 0.15) is 5.82 Å². The number of carbonyl (C=O) groups excluding carboxylic acids is 1. The molecule has 1 fully saturated rings. The first-order chi connectivity index (χ1) is 13.9. The monoisotopic (exact) mass is 433 g/mol. The van der Waals surface area contributed by atoms with Crippen LogP contribution in [0.2, 0.25) is 0 Å². The van der Waals surface area contributed by atoms with E-state index in [1.54, 1.807) is 39.8 Å². The van der Waals surface area contributed by atoms with E-state index >= 15 is 0 Å². The number of amides is 1. The number of aryl methyl sites for hydroxylation is 1. The molecule has 2 aromatic carbocycles. The summed E-state index contributed by atoms with van der Waals surface area (Å²) in [6, 6.07) is 8.86. The zero-order valence-corrected chi connectivity index (χ0v) is 18.6. The third-order valence-electron chi connectivity index (χ3n) is 4.82. The maximum absolute atomic E-state index is 14.1. The van der Waals surface area contributed by atoms with Gasteiger partial charge in [0.05, 0.1) is 4.90 Å². The van der Waals surface area contributed by atoms with E-state index in [0.29, 0.717) is 11.3 Å². The predicted molar refractivity (Wildman–Crippen MR) is 117 cm³/mol. The Morgan fingerprint density at radius 1 is 1.07 bits per heavy atom. The zero-order valence-electron chi connectivity index (χ0n) is 17.8. The van der Waals surface area contributed by atoms with Crippen LogP contribution in [0, 0.1) is 12.7 Å². The third-order valence-corrected chi connectivity index (χ3v) is 6.57. The highest BCUT2D eigenvalue weighted by molar-refractivity contribution is 7.89. The second-order valence-corrected chi connectivity index (χ2v) is 10.4. The molecule has 0 radical (unpaired) electrons. The van der Waals surface area contributed by atoms with E-state index in [0.717, 1.165) is 31.6 Å². The fourth-order valence-corrected chi connectivity index (χ4v) is 4.92. The number of benzene rings is 2. The largest absolute Gasteiger partial charge is 0.371 e. The van der Waals surface area contributed by atoms with Crippen molar-refractivity contribution >= 4 is 27.3 Å². The van der Waals surface area contributed by atoms with Crippen molar-refractivity contribution in [1.29, 1.82) is 0 Å². The Balaban J connectivity index is 1.87. The van der Waals surface area contributed by atoms with Gasteiger partial charge in [0, 0.05) is 35.6 Å². The molecule has 30 heavy (non-hydrogen) atoms. The number of rotatable bonds is 5. The summed E-state index contributed by atoms with van der Waals surface area (Å²) in [5.41, 5.74) is 1.25. The van der Waals surface area contributed by atoms with Crippen LogP contribution < -0.4 is 14.9 Å². The van der Waals surface area contributed by atoms with Crippen LogP contribution in [0.15, 0.2) is 41.3 Å². The Hall–Kier alpha value is -2.45. The van der Waals surface area contributed by atoms with Gasteiger partial charge in [-0.2, -0.15) is 0 Å². The van der Waals surface area contributed by atoms with Gasteiger partial charge in [-0.3, -0.25) is 4.79 Å². The lowest BCUT2D eigenvalue weighted by Crippen LogP contribution is -2.40. The number of halogens is 1. The molecule has 0 spiro atoms. The summed E-state index contributed by atoms with van der Waals surface area (Å²) in [5.74, 6) is -0.921. The first-order valence-corrected chi connectivity index (χ1v) is 11.4. The fourth-order valence-electron chi connectivity index (χ4n) is 3.48. The van der Waals surface area contributed by atoms with Gasteiger partial charge in [0.2, 0.25) is 10.0 Å². The highest BCUT2D eigenvalue weighted by Gasteiger charge is 2.24. The van der Waals surface area contributed by atoms with Gasteiger partial charge in [0.15, 0.2) is 0 Å². The molecule has 1 aliphatic rings. The lowest BCUT2D eigenvalue weighted by molar-refractivity contribution is 0.102. The summed E-state index contributed by atoms with van der Waals surface area (Å²) in [5, 5.41) is 2.71. The minimum Gasteiger partial charge on any atom is -0.371 e. The van der Waals surface area contributed by atoms with Crippen LogP contribution in [0.1, 0.15) is 49.5 Å². The van der Waals surface area contributed by atoms with E-state index in [9.17, 15) is 17.6 Å². The molecule has 0 bridgehead atoms. The van der Waals surface area contributed by atoms with Crippen LogP contribution >= 0.6 is 0 Å². The van der Waals surface area contributed by atoms with Crippen molar-refractivity contribution in [2.45, 2.75) is 51.0 Å². The van der Waals surface area contributed by atoms with E-state index < -0.39 is 27.3 Å². The van der Waals surface area contributed by atoms with Crippen molar-refractivity contribution in [2.75, 3.05) is 23.3 Å². The second-order valence-electron chi connectivity index (χ2n) is 8.68.